The minimum Gasteiger partial charge on any atom is -0.379 e. The Bertz CT molecular complexity index is 572. The van der Waals surface area contributed by atoms with Gasteiger partial charge >= 0.3 is 0 Å². The number of para-hydroxylation sites is 2. The van der Waals surface area contributed by atoms with Crippen LogP contribution in [0.15, 0.2) is 54.6 Å². The van der Waals surface area contributed by atoms with Gasteiger partial charge in [-0.05, 0) is 18.2 Å². The maximum atomic E-state index is 6.03. The van der Waals surface area contributed by atoms with E-state index in [2.05, 4.69) is 47.1 Å². The molecule has 3 rings (SSSR count). The van der Waals surface area contributed by atoms with Crippen molar-refractivity contribution in [1.29, 1.82) is 0 Å². The van der Waals surface area contributed by atoms with Gasteiger partial charge in [0.25, 0.3) is 0 Å². The smallest absolute Gasteiger partial charge is 0.159 e. The highest BCUT2D eigenvalue weighted by atomic mass is 79.9. The van der Waals surface area contributed by atoms with Gasteiger partial charge in [0.15, 0.2) is 5.75 Å². The van der Waals surface area contributed by atoms with Crippen LogP contribution in [-0.4, -0.2) is 11.9 Å². The summed E-state index contributed by atoms with van der Waals surface area (Å²) >= 11 is 3.65. The summed E-state index contributed by atoms with van der Waals surface area (Å²) in [6.07, 6.45) is 0. The average Bonchev–Trinajstić information content (AvgIpc) is 2.48. The summed E-state index contributed by atoms with van der Waals surface area (Å²) in [7, 11) is 0. The molecule has 0 saturated heterocycles. The standard InChI is InChI=1S/C16H16BrNO/c1-16(11-17)12-18(13-7-3-2-4-8-13)19-15-10-6-5-9-14(15)16/h2-10H,11-12H2,1H3. The van der Waals surface area contributed by atoms with Crippen LogP contribution in [0.2, 0.25) is 0 Å². The Balaban J connectivity index is 2.02. The predicted molar refractivity (Wildman–Crippen MR) is 82.0 cm³/mol. The van der Waals surface area contributed by atoms with Crippen molar-refractivity contribution >= 4 is 21.6 Å². The predicted octanol–water partition coefficient (Wildman–Crippen LogP) is 4.15. The highest BCUT2D eigenvalue weighted by Crippen LogP contribution is 2.39. The van der Waals surface area contributed by atoms with Crippen LogP contribution in [0.5, 0.6) is 5.75 Å². The van der Waals surface area contributed by atoms with Gasteiger partial charge in [0.1, 0.15) is 0 Å². The van der Waals surface area contributed by atoms with E-state index < -0.39 is 0 Å². The van der Waals surface area contributed by atoms with Crippen LogP contribution < -0.4 is 9.90 Å². The maximum absolute atomic E-state index is 6.03. The molecule has 0 N–H and O–H groups in total. The summed E-state index contributed by atoms with van der Waals surface area (Å²) < 4.78 is 0. The Labute approximate surface area is 122 Å². The fourth-order valence-electron chi connectivity index (χ4n) is 2.45. The zero-order valence-corrected chi connectivity index (χ0v) is 12.4. The molecule has 0 saturated carbocycles. The minimum absolute atomic E-state index is 0.0463. The molecular formula is C16H16BrNO. The first-order valence-corrected chi connectivity index (χ1v) is 7.51. The van der Waals surface area contributed by atoms with E-state index in [9.17, 15) is 0 Å². The second-order valence-corrected chi connectivity index (χ2v) is 5.71. The lowest BCUT2D eigenvalue weighted by atomic mass is 9.83. The molecule has 0 spiro atoms. The molecule has 3 heteroatoms. The van der Waals surface area contributed by atoms with Crippen LogP contribution in [0.3, 0.4) is 0 Å². The Morgan fingerprint density at radius 2 is 1.79 bits per heavy atom. The van der Waals surface area contributed by atoms with Crippen molar-refractivity contribution in [1.82, 2.24) is 0 Å². The third kappa shape index (κ3) is 2.23. The lowest BCUT2D eigenvalue weighted by Crippen LogP contribution is -2.46. The molecule has 1 heterocycles. The number of fused-ring (bicyclic) bond motifs is 1. The minimum atomic E-state index is 0.0463. The molecule has 1 aliphatic rings. The molecule has 0 fully saturated rings. The van der Waals surface area contributed by atoms with Gasteiger partial charge in [-0.3, -0.25) is 0 Å². The number of hydrogen-bond acceptors (Lipinski definition) is 2. The van der Waals surface area contributed by atoms with Gasteiger partial charge in [0, 0.05) is 16.3 Å². The van der Waals surface area contributed by atoms with E-state index in [1.54, 1.807) is 0 Å². The van der Waals surface area contributed by atoms with Gasteiger partial charge in [-0.1, -0.05) is 59.3 Å². The number of alkyl halides is 1. The summed E-state index contributed by atoms with van der Waals surface area (Å²) in [4.78, 5) is 6.03. The van der Waals surface area contributed by atoms with E-state index in [0.29, 0.717) is 0 Å². The Morgan fingerprint density at radius 3 is 2.53 bits per heavy atom. The maximum Gasteiger partial charge on any atom is 0.159 e. The third-order valence-electron chi connectivity index (χ3n) is 3.58. The highest BCUT2D eigenvalue weighted by molar-refractivity contribution is 9.09. The van der Waals surface area contributed by atoms with Gasteiger partial charge in [-0.15, -0.1) is 0 Å². The number of benzene rings is 2. The zero-order valence-electron chi connectivity index (χ0n) is 10.8. The lowest BCUT2D eigenvalue weighted by molar-refractivity contribution is 0.221. The molecule has 0 aromatic heterocycles. The van der Waals surface area contributed by atoms with Crippen molar-refractivity contribution in [2.24, 2.45) is 0 Å². The second kappa shape index (κ2) is 4.89. The molecule has 2 nitrogen and oxygen atoms in total. The molecule has 1 atom stereocenters. The van der Waals surface area contributed by atoms with E-state index in [1.807, 2.05) is 35.4 Å². The van der Waals surface area contributed by atoms with Crippen molar-refractivity contribution in [3.05, 3.63) is 60.2 Å². The molecule has 1 aliphatic heterocycles. The van der Waals surface area contributed by atoms with Crippen LogP contribution >= 0.6 is 15.9 Å². The molecule has 0 amide bonds. The van der Waals surface area contributed by atoms with Crippen LogP contribution in [0, 0.1) is 0 Å². The van der Waals surface area contributed by atoms with Gasteiger partial charge < -0.3 is 4.84 Å². The summed E-state index contributed by atoms with van der Waals surface area (Å²) in [6.45, 7) is 3.10. The van der Waals surface area contributed by atoms with E-state index in [-0.39, 0.29) is 5.41 Å². The first-order valence-electron chi connectivity index (χ1n) is 6.39. The molecule has 0 bridgehead atoms. The van der Waals surface area contributed by atoms with Crippen molar-refractivity contribution in [2.45, 2.75) is 12.3 Å². The SMILES string of the molecule is CC1(CBr)CN(c2ccccc2)Oc2ccccc21. The van der Waals surface area contributed by atoms with E-state index in [1.165, 1.54) is 5.56 Å². The number of anilines is 1. The highest BCUT2D eigenvalue weighted by Gasteiger charge is 2.36. The Morgan fingerprint density at radius 1 is 1.11 bits per heavy atom. The largest absolute Gasteiger partial charge is 0.379 e. The van der Waals surface area contributed by atoms with Crippen molar-refractivity contribution < 1.29 is 4.84 Å². The molecule has 2 aromatic carbocycles. The monoisotopic (exact) mass is 317 g/mol. The lowest BCUT2D eigenvalue weighted by Gasteiger charge is -2.41. The molecule has 19 heavy (non-hydrogen) atoms. The number of halogens is 1. The topological polar surface area (TPSA) is 12.5 Å². The second-order valence-electron chi connectivity index (χ2n) is 5.15. The van der Waals surface area contributed by atoms with Crippen LogP contribution in [-0.2, 0) is 5.41 Å². The summed E-state index contributed by atoms with van der Waals surface area (Å²) in [5, 5.41) is 2.88. The molecule has 98 valence electrons. The number of nitrogens with zero attached hydrogens (tertiary/aromatic N) is 1. The molecule has 2 aromatic rings. The van der Waals surface area contributed by atoms with Crippen molar-refractivity contribution in [3.8, 4) is 5.75 Å². The first-order chi connectivity index (χ1) is 9.23. The Kier molecular flexibility index (Phi) is 3.23. The summed E-state index contributed by atoms with van der Waals surface area (Å²) in [5.74, 6) is 0.944. The van der Waals surface area contributed by atoms with Crippen LogP contribution in [0.1, 0.15) is 12.5 Å². The average molecular weight is 318 g/mol. The van der Waals surface area contributed by atoms with Crippen LogP contribution in [0.25, 0.3) is 0 Å². The fraction of sp³-hybridized carbons (Fsp3) is 0.250. The number of hydrogen-bond donors (Lipinski definition) is 0. The van der Waals surface area contributed by atoms with E-state index in [4.69, 9.17) is 4.84 Å². The van der Waals surface area contributed by atoms with E-state index in [0.717, 1.165) is 23.3 Å². The quantitative estimate of drug-likeness (QED) is 0.771. The van der Waals surface area contributed by atoms with Gasteiger partial charge in [0.2, 0.25) is 0 Å². The van der Waals surface area contributed by atoms with Crippen molar-refractivity contribution in [3.63, 3.8) is 0 Å². The van der Waals surface area contributed by atoms with Gasteiger partial charge in [0.05, 0.1) is 12.2 Å². The third-order valence-corrected chi connectivity index (χ3v) is 4.82. The number of hydroxylamine groups is 1. The first kappa shape index (κ1) is 12.5. The fourth-order valence-corrected chi connectivity index (χ4v) is 2.93. The normalized spacial score (nSPS) is 21.7. The molecular weight excluding hydrogens is 302 g/mol. The van der Waals surface area contributed by atoms with E-state index >= 15 is 0 Å². The summed E-state index contributed by atoms with van der Waals surface area (Å²) in [6, 6.07) is 18.5. The molecule has 1 unspecified atom stereocenters. The van der Waals surface area contributed by atoms with Gasteiger partial charge in [-0.2, -0.15) is 0 Å². The van der Waals surface area contributed by atoms with Crippen LogP contribution in [0.4, 0.5) is 5.69 Å². The van der Waals surface area contributed by atoms with Crippen molar-refractivity contribution in [2.75, 3.05) is 16.9 Å². The zero-order chi connectivity index (χ0) is 13.3. The van der Waals surface area contributed by atoms with Gasteiger partial charge in [-0.25, -0.2) is 5.06 Å². The molecule has 0 aliphatic carbocycles. The number of rotatable bonds is 2. The molecule has 0 radical (unpaired) electrons. The summed E-state index contributed by atoms with van der Waals surface area (Å²) in [5.41, 5.74) is 2.40. The Hall–Kier alpha value is -1.48.